The van der Waals surface area contributed by atoms with Gasteiger partial charge in [0.2, 0.25) is 0 Å². The lowest BCUT2D eigenvalue weighted by Crippen LogP contribution is -2.49. The molecule has 0 radical (unpaired) electrons. The number of benzene rings is 2. The summed E-state index contributed by atoms with van der Waals surface area (Å²) in [5, 5.41) is 2.81. The van der Waals surface area contributed by atoms with Crippen LogP contribution < -0.4 is 14.8 Å². The van der Waals surface area contributed by atoms with Gasteiger partial charge in [0.1, 0.15) is 11.5 Å². The zero-order valence-corrected chi connectivity index (χ0v) is 18.9. The van der Waals surface area contributed by atoms with E-state index < -0.39 is 29.6 Å². The molecule has 4 rings (SSSR count). The van der Waals surface area contributed by atoms with E-state index >= 15 is 0 Å². The maximum Gasteiger partial charge on any atom is 0.393 e. The van der Waals surface area contributed by atoms with Crippen LogP contribution in [0.25, 0.3) is 0 Å². The first kappa shape index (κ1) is 23.9. The van der Waals surface area contributed by atoms with Crippen molar-refractivity contribution in [2.75, 3.05) is 34.0 Å². The van der Waals surface area contributed by atoms with Gasteiger partial charge in [-0.05, 0) is 54.8 Å². The molecule has 2 fully saturated rings. The van der Waals surface area contributed by atoms with Gasteiger partial charge in [-0.15, -0.1) is 0 Å². The molecule has 3 amide bonds. The summed E-state index contributed by atoms with van der Waals surface area (Å²) in [6.45, 7) is -0.0916. The SMILES string of the molecule is COc1ccc(C2(c3ccc(OC)cc3)NC(=O)N(CN3CCC[C@H](C(F)(F)F)C3)C2=O)cc1. The minimum absolute atomic E-state index is 0.0434. The molecule has 0 spiro atoms. The molecule has 2 aliphatic heterocycles. The van der Waals surface area contributed by atoms with Crippen molar-refractivity contribution in [1.82, 2.24) is 15.1 Å². The molecule has 10 heteroatoms. The number of carbonyl (C=O) groups excluding carboxylic acids is 2. The van der Waals surface area contributed by atoms with Gasteiger partial charge in [0.25, 0.3) is 5.91 Å². The molecule has 2 aromatic rings. The average Bonchev–Trinajstić information content (AvgIpc) is 3.09. The Bertz CT molecular complexity index is 993. The lowest BCUT2D eigenvalue weighted by Gasteiger charge is -2.35. The van der Waals surface area contributed by atoms with E-state index in [4.69, 9.17) is 9.47 Å². The Labute approximate surface area is 195 Å². The quantitative estimate of drug-likeness (QED) is 0.642. The van der Waals surface area contributed by atoms with E-state index in [1.165, 1.54) is 19.1 Å². The fraction of sp³-hybridized carbons (Fsp3) is 0.417. The van der Waals surface area contributed by atoms with Crippen LogP contribution in [0, 0.1) is 5.92 Å². The van der Waals surface area contributed by atoms with E-state index in [1.807, 2.05) is 0 Å². The molecule has 0 unspecified atom stereocenters. The second-order valence-electron chi connectivity index (χ2n) is 8.47. The number of urea groups is 1. The highest BCUT2D eigenvalue weighted by Crippen LogP contribution is 2.38. The minimum atomic E-state index is -4.31. The largest absolute Gasteiger partial charge is 0.497 e. The molecule has 1 atom stereocenters. The Kier molecular flexibility index (Phi) is 6.44. The molecule has 0 aromatic heterocycles. The van der Waals surface area contributed by atoms with Crippen LogP contribution in [0.2, 0.25) is 0 Å². The Balaban J connectivity index is 1.68. The molecule has 0 bridgehead atoms. The fourth-order valence-electron chi connectivity index (χ4n) is 4.60. The first-order valence-corrected chi connectivity index (χ1v) is 10.9. The van der Waals surface area contributed by atoms with Gasteiger partial charge in [-0.2, -0.15) is 13.2 Å². The predicted molar refractivity (Wildman–Crippen MR) is 117 cm³/mol. The molecule has 2 heterocycles. The van der Waals surface area contributed by atoms with Gasteiger partial charge in [0.15, 0.2) is 5.54 Å². The van der Waals surface area contributed by atoms with Gasteiger partial charge in [0, 0.05) is 6.54 Å². The number of carbonyl (C=O) groups is 2. The zero-order chi connectivity index (χ0) is 24.5. The van der Waals surface area contributed by atoms with Crippen LogP contribution in [0.1, 0.15) is 24.0 Å². The molecule has 34 heavy (non-hydrogen) atoms. The van der Waals surface area contributed by atoms with E-state index in [1.54, 1.807) is 48.5 Å². The van der Waals surface area contributed by atoms with E-state index in [0.29, 0.717) is 35.6 Å². The van der Waals surface area contributed by atoms with E-state index in [2.05, 4.69) is 5.32 Å². The number of alkyl halides is 3. The van der Waals surface area contributed by atoms with Crippen molar-refractivity contribution in [3.63, 3.8) is 0 Å². The number of methoxy groups -OCH3 is 2. The van der Waals surface area contributed by atoms with Crippen LogP contribution in [0.5, 0.6) is 11.5 Å². The van der Waals surface area contributed by atoms with Crippen LogP contribution in [-0.4, -0.2) is 61.9 Å². The standard InChI is InChI=1S/C24H26F3N3O4/c1-33-19-9-5-16(6-10-19)23(17-7-11-20(34-2)12-8-17)21(31)30(22(32)28-23)15-29-13-3-4-18(14-29)24(25,26)27/h5-12,18H,3-4,13-15H2,1-2H3,(H,28,32)/t18-/m0/s1. The van der Waals surface area contributed by atoms with Crippen LogP contribution in [0.3, 0.4) is 0 Å². The maximum atomic E-state index is 13.8. The minimum Gasteiger partial charge on any atom is -0.497 e. The summed E-state index contributed by atoms with van der Waals surface area (Å²) in [5.41, 5.74) is -0.522. The van der Waals surface area contributed by atoms with Crippen molar-refractivity contribution < 1.29 is 32.2 Å². The van der Waals surface area contributed by atoms with Crippen molar-refractivity contribution in [1.29, 1.82) is 0 Å². The van der Waals surface area contributed by atoms with Crippen molar-refractivity contribution in [3.05, 3.63) is 59.7 Å². The van der Waals surface area contributed by atoms with Gasteiger partial charge in [0.05, 0.1) is 26.8 Å². The third-order valence-electron chi connectivity index (χ3n) is 6.46. The summed E-state index contributed by atoms with van der Waals surface area (Å²) in [5.74, 6) is -0.876. The lowest BCUT2D eigenvalue weighted by molar-refractivity contribution is -0.187. The van der Waals surface area contributed by atoms with E-state index in [0.717, 1.165) is 4.90 Å². The Hall–Kier alpha value is -3.27. The number of halogens is 3. The van der Waals surface area contributed by atoms with Gasteiger partial charge in [-0.25, -0.2) is 9.69 Å². The van der Waals surface area contributed by atoms with E-state index in [-0.39, 0.29) is 19.6 Å². The van der Waals surface area contributed by atoms with Crippen molar-refractivity contribution in [3.8, 4) is 11.5 Å². The number of rotatable bonds is 6. The summed E-state index contributed by atoms with van der Waals surface area (Å²) in [6, 6.07) is 12.8. The molecule has 1 N–H and O–H groups in total. The van der Waals surface area contributed by atoms with Gasteiger partial charge in [-0.3, -0.25) is 9.69 Å². The number of hydrogen-bond donors (Lipinski definition) is 1. The summed E-state index contributed by atoms with van der Waals surface area (Å²) in [6.07, 6.45) is -3.93. The van der Waals surface area contributed by atoms with Gasteiger partial charge in [-0.1, -0.05) is 24.3 Å². The first-order valence-electron chi connectivity index (χ1n) is 10.9. The molecule has 7 nitrogen and oxygen atoms in total. The second kappa shape index (κ2) is 9.17. The molecule has 0 saturated carbocycles. The number of amides is 3. The van der Waals surface area contributed by atoms with Crippen LogP contribution >= 0.6 is 0 Å². The number of imide groups is 1. The Morgan fingerprint density at radius 2 is 1.50 bits per heavy atom. The molecule has 2 aliphatic rings. The highest BCUT2D eigenvalue weighted by atomic mass is 19.4. The number of nitrogens with one attached hydrogen (secondary N) is 1. The third kappa shape index (κ3) is 4.29. The molecular formula is C24H26F3N3O4. The van der Waals surface area contributed by atoms with Crippen molar-refractivity contribution in [2.24, 2.45) is 5.92 Å². The Morgan fingerprint density at radius 1 is 0.971 bits per heavy atom. The van der Waals surface area contributed by atoms with Gasteiger partial charge < -0.3 is 14.8 Å². The smallest absolute Gasteiger partial charge is 0.393 e. The van der Waals surface area contributed by atoms with Crippen molar-refractivity contribution in [2.45, 2.75) is 24.6 Å². The lowest BCUT2D eigenvalue weighted by atomic mass is 9.82. The monoisotopic (exact) mass is 477 g/mol. The molecule has 0 aliphatic carbocycles. The second-order valence-corrected chi connectivity index (χ2v) is 8.47. The normalized spacial score (nSPS) is 20.9. The predicted octanol–water partition coefficient (Wildman–Crippen LogP) is 3.73. The summed E-state index contributed by atoms with van der Waals surface area (Å²) in [7, 11) is 3.04. The average molecular weight is 477 g/mol. The van der Waals surface area contributed by atoms with E-state index in [9.17, 15) is 22.8 Å². The number of hydrogen-bond acceptors (Lipinski definition) is 5. The molecule has 182 valence electrons. The van der Waals surface area contributed by atoms with Gasteiger partial charge >= 0.3 is 12.2 Å². The summed E-state index contributed by atoms with van der Waals surface area (Å²) < 4.78 is 50.2. The first-order chi connectivity index (χ1) is 16.2. The zero-order valence-electron chi connectivity index (χ0n) is 18.9. The van der Waals surface area contributed by atoms with Crippen LogP contribution in [-0.2, 0) is 10.3 Å². The highest BCUT2D eigenvalue weighted by molar-refractivity contribution is 6.09. The highest BCUT2D eigenvalue weighted by Gasteiger charge is 2.54. The number of nitrogens with zero attached hydrogens (tertiary/aromatic N) is 2. The third-order valence-corrected chi connectivity index (χ3v) is 6.46. The topological polar surface area (TPSA) is 71.1 Å². The number of piperidine rings is 1. The molecule has 2 saturated heterocycles. The summed E-state index contributed by atoms with van der Waals surface area (Å²) >= 11 is 0. The van der Waals surface area contributed by atoms with Crippen molar-refractivity contribution >= 4 is 11.9 Å². The number of ether oxygens (including phenoxy) is 2. The fourth-order valence-corrected chi connectivity index (χ4v) is 4.60. The Morgan fingerprint density at radius 3 is 1.97 bits per heavy atom. The molecular weight excluding hydrogens is 451 g/mol. The van der Waals surface area contributed by atoms with Crippen LogP contribution in [0.15, 0.2) is 48.5 Å². The summed E-state index contributed by atoms with van der Waals surface area (Å²) in [4.78, 5) is 29.4. The maximum absolute atomic E-state index is 13.8. The van der Waals surface area contributed by atoms with Crippen LogP contribution in [0.4, 0.5) is 18.0 Å². The number of likely N-dealkylation sites (tertiary alicyclic amines) is 1. The molecule has 2 aromatic carbocycles.